The molecule has 0 bridgehead atoms. The number of aromatic nitrogens is 3. The van der Waals surface area contributed by atoms with Gasteiger partial charge < -0.3 is 0 Å². The second-order valence-electron chi connectivity index (χ2n) is 3.75. The molecule has 0 aromatic carbocycles. The van der Waals surface area contributed by atoms with Crippen LogP contribution >= 0.6 is 12.8 Å². The van der Waals surface area contributed by atoms with E-state index in [0.29, 0.717) is 0 Å². The number of nitrogens with one attached hydrogen (secondary N) is 1. The van der Waals surface area contributed by atoms with E-state index in [1.54, 1.807) is 4.68 Å². The van der Waals surface area contributed by atoms with Gasteiger partial charge in [0.25, 0.3) is 0 Å². The summed E-state index contributed by atoms with van der Waals surface area (Å²) in [4.78, 5) is 0. The van der Waals surface area contributed by atoms with Gasteiger partial charge in [-0.3, -0.25) is 9.40 Å². The Labute approximate surface area is 118 Å². The zero-order valence-corrected chi connectivity index (χ0v) is 13.5. The van der Waals surface area contributed by atoms with Gasteiger partial charge in [-0.1, -0.05) is 58.6 Å². The maximum Gasteiger partial charge on any atom is 0.0827 e. The molecular weight excluding hydrogens is 244 g/mol. The second-order valence-corrected chi connectivity index (χ2v) is 4.06. The van der Waals surface area contributed by atoms with Crippen LogP contribution in [0.2, 0.25) is 0 Å². The van der Waals surface area contributed by atoms with Gasteiger partial charge in [-0.2, -0.15) is 0 Å². The molecular formula is C13H30N4S. The Morgan fingerprint density at radius 2 is 1.89 bits per heavy atom. The van der Waals surface area contributed by atoms with Crippen LogP contribution in [0.5, 0.6) is 0 Å². The molecule has 108 valence electrons. The Balaban J connectivity index is 0. The fraction of sp³-hybridized carbons (Fsp3) is 0.846. The third-order valence-electron chi connectivity index (χ3n) is 2.05. The lowest BCUT2D eigenvalue weighted by molar-refractivity contribution is 0.697. The Kier molecular flexibility index (Phi) is 18.1. The summed E-state index contributed by atoms with van der Waals surface area (Å²) in [6.07, 6.45) is 7.99. The molecule has 1 heterocycles. The van der Waals surface area contributed by atoms with Crippen molar-refractivity contribution in [3.8, 4) is 0 Å². The topological polar surface area (TPSA) is 42.7 Å². The Morgan fingerprint density at radius 3 is 2.22 bits per heavy atom. The molecule has 0 aliphatic carbocycles. The first kappa shape index (κ1) is 19.8. The molecule has 5 heteroatoms. The average Bonchev–Trinajstić information content (AvgIpc) is 2.80. The van der Waals surface area contributed by atoms with Crippen LogP contribution < -0.4 is 4.72 Å². The molecule has 0 radical (unpaired) electrons. The number of unbranched alkanes of at least 4 members (excludes halogenated alkanes) is 2. The minimum absolute atomic E-state index is 1.00. The average molecular weight is 274 g/mol. The van der Waals surface area contributed by atoms with Gasteiger partial charge >= 0.3 is 0 Å². The molecule has 1 aromatic heterocycles. The second kappa shape index (κ2) is 16.4. The third-order valence-corrected chi connectivity index (χ3v) is 2.27. The van der Waals surface area contributed by atoms with E-state index in [9.17, 15) is 0 Å². The molecule has 0 saturated heterocycles. The van der Waals surface area contributed by atoms with Crippen molar-refractivity contribution in [2.75, 3.05) is 6.54 Å². The standard InChI is InChI=1S/C8H15N3.C3H9NS.C2H6/c1-3-4-5-6-8-7-11(2)10-9-8;1-2-3-4-5;1-2/h7H,3-6H2,1-2H3;4-5H,2-3H2,1H3;1-2H3. The van der Waals surface area contributed by atoms with E-state index < -0.39 is 0 Å². The fourth-order valence-corrected chi connectivity index (χ4v) is 1.40. The van der Waals surface area contributed by atoms with Crippen molar-refractivity contribution in [2.45, 2.75) is 59.8 Å². The van der Waals surface area contributed by atoms with Crippen LogP contribution in [-0.4, -0.2) is 21.5 Å². The van der Waals surface area contributed by atoms with Crippen LogP contribution in [0, 0.1) is 0 Å². The lowest BCUT2D eigenvalue weighted by atomic mass is 10.2. The Morgan fingerprint density at radius 1 is 1.22 bits per heavy atom. The van der Waals surface area contributed by atoms with Crippen molar-refractivity contribution in [1.29, 1.82) is 0 Å². The van der Waals surface area contributed by atoms with E-state index >= 15 is 0 Å². The predicted molar refractivity (Wildman–Crippen MR) is 82.9 cm³/mol. The van der Waals surface area contributed by atoms with Gasteiger partial charge in [-0.15, -0.1) is 5.10 Å². The van der Waals surface area contributed by atoms with E-state index in [4.69, 9.17) is 0 Å². The van der Waals surface area contributed by atoms with Crippen LogP contribution in [-0.2, 0) is 13.5 Å². The summed E-state index contributed by atoms with van der Waals surface area (Å²) >= 11 is 3.75. The molecule has 0 saturated carbocycles. The van der Waals surface area contributed by atoms with Crippen molar-refractivity contribution >= 4 is 12.8 Å². The van der Waals surface area contributed by atoms with E-state index in [-0.39, 0.29) is 0 Å². The van der Waals surface area contributed by atoms with Gasteiger partial charge in [0, 0.05) is 19.8 Å². The first-order chi connectivity index (χ1) is 8.74. The number of rotatable bonds is 6. The minimum Gasteiger partial charge on any atom is -0.267 e. The van der Waals surface area contributed by atoms with Gasteiger partial charge in [-0.05, 0) is 19.3 Å². The van der Waals surface area contributed by atoms with Crippen LogP contribution in [0.1, 0.15) is 59.1 Å². The summed E-state index contributed by atoms with van der Waals surface area (Å²) in [5.41, 5.74) is 1.11. The van der Waals surface area contributed by atoms with Gasteiger partial charge in [-0.25, -0.2) is 0 Å². The van der Waals surface area contributed by atoms with E-state index in [2.05, 4.69) is 41.7 Å². The van der Waals surface area contributed by atoms with Gasteiger partial charge in [0.15, 0.2) is 0 Å². The molecule has 0 unspecified atom stereocenters. The number of hydrogen-bond acceptors (Lipinski definition) is 4. The number of hydrogen-bond donors (Lipinski definition) is 2. The van der Waals surface area contributed by atoms with Crippen molar-refractivity contribution in [3.05, 3.63) is 11.9 Å². The van der Waals surface area contributed by atoms with Crippen LogP contribution in [0.15, 0.2) is 6.20 Å². The van der Waals surface area contributed by atoms with Crippen molar-refractivity contribution in [1.82, 2.24) is 19.7 Å². The van der Waals surface area contributed by atoms with Gasteiger partial charge in [0.05, 0.1) is 5.69 Å². The van der Waals surface area contributed by atoms with Crippen molar-refractivity contribution in [3.63, 3.8) is 0 Å². The van der Waals surface area contributed by atoms with Crippen molar-refractivity contribution < 1.29 is 0 Å². The molecule has 0 aliphatic rings. The third kappa shape index (κ3) is 13.5. The highest BCUT2D eigenvalue weighted by atomic mass is 32.1. The molecule has 1 N–H and O–H groups in total. The van der Waals surface area contributed by atoms with Crippen LogP contribution in [0.4, 0.5) is 0 Å². The summed E-state index contributed by atoms with van der Waals surface area (Å²) in [6, 6.07) is 0. The summed E-state index contributed by atoms with van der Waals surface area (Å²) in [5.74, 6) is 0. The highest BCUT2D eigenvalue weighted by molar-refractivity contribution is 7.78. The monoisotopic (exact) mass is 274 g/mol. The summed E-state index contributed by atoms with van der Waals surface area (Å²) in [7, 11) is 1.90. The highest BCUT2D eigenvalue weighted by Crippen LogP contribution is 2.01. The lowest BCUT2D eigenvalue weighted by Gasteiger charge is -1.92. The molecule has 0 amide bonds. The largest absolute Gasteiger partial charge is 0.267 e. The first-order valence-electron chi connectivity index (χ1n) is 6.96. The highest BCUT2D eigenvalue weighted by Gasteiger charge is 1.96. The molecule has 1 aromatic rings. The molecule has 0 fully saturated rings. The van der Waals surface area contributed by atoms with E-state index in [0.717, 1.165) is 25.1 Å². The smallest absolute Gasteiger partial charge is 0.0827 e. The Bertz CT molecular complexity index is 249. The zero-order valence-electron chi connectivity index (χ0n) is 12.6. The predicted octanol–water partition coefficient (Wildman–Crippen LogP) is 3.40. The molecule has 0 atom stereocenters. The van der Waals surface area contributed by atoms with Crippen LogP contribution in [0.25, 0.3) is 0 Å². The van der Waals surface area contributed by atoms with Crippen molar-refractivity contribution in [2.24, 2.45) is 7.05 Å². The fourth-order valence-electron chi connectivity index (χ4n) is 1.18. The molecule has 18 heavy (non-hydrogen) atoms. The van der Waals surface area contributed by atoms with E-state index in [1.807, 2.05) is 27.1 Å². The maximum atomic E-state index is 4.00. The normalized spacial score (nSPS) is 9.00. The number of nitrogens with zero attached hydrogens (tertiary/aromatic N) is 3. The number of thiol groups is 1. The number of aryl methyl sites for hydroxylation is 2. The quantitative estimate of drug-likeness (QED) is 0.617. The van der Waals surface area contributed by atoms with Gasteiger partial charge in [0.2, 0.25) is 0 Å². The Hall–Kier alpha value is -0.550. The van der Waals surface area contributed by atoms with E-state index in [1.165, 1.54) is 19.3 Å². The zero-order chi connectivity index (χ0) is 14.2. The maximum absolute atomic E-state index is 4.00. The lowest BCUT2D eigenvalue weighted by Crippen LogP contribution is -1.96. The molecule has 4 nitrogen and oxygen atoms in total. The molecule has 0 aliphatic heterocycles. The molecule has 1 rings (SSSR count). The SMILES string of the molecule is CC.CCCCCc1cn(C)nn1.CCCNS. The first-order valence-corrected chi connectivity index (χ1v) is 7.41. The molecule has 0 spiro atoms. The minimum atomic E-state index is 1.00. The summed E-state index contributed by atoms with van der Waals surface area (Å²) < 4.78 is 4.46. The summed E-state index contributed by atoms with van der Waals surface area (Å²) in [5, 5.41) is 7.86. The van der Waals surface area contributed by atoms with Gasteiger partial charge in [0.1, 0.15) is 0 Å². The summed E-state index contributed by atoms with van der Waals surface area (Å²) in [6.45, 7) is 9.31. The van der Waals surface area contributed by atoms with Crippen LogP contribution in [0.3, 0.4) is 0 Å².